The predicted molar refractivity (Wildman–Crippen MR) is 78.0 cm³/mol. The molecule has 0 bridgehead atoms. The Morgan fingerprint density at radius 1 is 1.30 bits per heavy atom. The summed E-state index contributed by atoms with van der Waals surface area (Å²) in [6.07, 6.45) is 0. The second-order valence-corrected chi connectivity index (χ2v) is 4.58. The summed E-state index contributed by atoms with van der Waals surface area (Å²) in [5.74, 6) is 0.125. The number of nitrogens with one attached hydrogen (secondary N) is 1. The molecule has 0 heterocycles. The third-order valence-electron chi connectivity index (χ3n) is 2.78. The van der Waals surface area contributed by atoms with E-state index in [9.17, 15) is 9.50 Å². The maximum absolute atomic E-state index is 13.2. The van der Waals surface area contributed by atoms with E-state index in [1.54, 1.807) is 24.3 Å². The normalized spacial score (nSPS) is 10.3. The van der Waals surface area contributed by atoms with Gasteiger partial charge in [0.15, 0.2) is 0 Å². The molecule has 0 amide bonds. The highest BCUT2D eigenvalue weighted by Gasteiger charge is 2.08. The summed E-state index contributed by atoms with van der Waals surface area (Å²) < 4.78 is 18.6. The van der Waals surface area contributed by atoms with Crippen molar-refractivity contribution >= 4 is 17.3 Å². The molecular weight excluding hydrogens is 281 g/mol. The highest BCUT2D eigenvalue weighted by molar-refractivity contribution is 6.32. The minimum Gasteiger partial charge on any atom is -0.506 e. The molecule has 0 unspecified atom stereocenters. The first-order valence-electron chi connectivity index (χ1n) is 6.24. The molecule has 5 heteroatoms. The molecular formula is C15H15ClFNO2. The summed E-state index contributed by atoms with van der Waals surface area (Å²) in [6, 6.07) is 9.41. The number of para-hydroxylation sites is 1. The molecule has 0 saturated carbocycles. The molecule has 2 aromatic carbocycles. The molecule has 2 N–H and O–H groups in total. The summed E-state index contributed by atoms with van der Waals surface area (Å²) in [7, 11) is 0. The van der Waals surface area contributed by atoms with Crippen molar-refractivity contribution in [3.05, 3.63) is 52.8 Å². The Morgan fingerprint density at radius 3 is 2.85 bits per heavy atom. The summed E-state index contributed by atoms with van der Waals surface area (Å²) in [4.78, 5) is 0. The fraction of sp³-hybridized carbons (Fsp3) is 0.200. The second kappa shape index (κ2) is 6.48. The monoisotopic (exact) mass is 295 g/mol. The third-order valence-corrected chi connectivity index (χ3v) is 3.09. The molecule has 3 nitrogen and oxygen atoms in total. The standard InChI is InChI=1S/C15H15ClFNO2/c1-2-20-14-8-11(17)6-7-13(14)18-9-10-4-3-5-12(16)15(10)19/h3-8,18-19H,2,9H2,1H3. The number of ether oxygens (including phenoxy) is 1. The summed E-state index contributed by atoms with van der Waals surface area (Å²) in [5, 5.41) is 13.2. The Morgan fingerprint density at radius 2 is 2.10 bits per heavy atom. The molecule has 0 aliphatic carbocycles. The smallest absolute Gasteiger partial charge is 0.145 e. The third kappa shape index (κ3) is 3.33. The van der Waals surface area contributed by atoms with Crippen LogP contribution in [0.5, 0.6) is 11.5 Å². The lowest BCUT2D eigenvalue weighted by atomic mass is 10.2. The number of anilines is 1. The molecule has 0 spiro atoms. The van der Waals surface area contributed by atoms with Crippen LogP contribution in [0.4, 0.5) is 10.1 Å². The van der Waals surface area contributed by atoms with Crippen molar-refractivity contribution in [2.45, 2.75) is 13.5 Å². The van der Waals surface area contributed by atoms with E-state index < -0.39 is 0 Å². The molecule has 20 heavy (non-hydrogen) atoms. The first-order chi connectivity index (χ1) is 9.61. The van der Waals surface area contributed by atoms with Crippen molar-refractivity contribution in [3.8, 4) is 11.5 Å². The number of phenols is 1. The van der Waals surface area contributed by atoms with Gasteiger partial charge in [-0.25, -0.2) is 4.39 Å². The van der Waals surface area contributed by atoms with Gasteiger partial charge in [0.25, 0.3) is 0 Å². The van der Waals surface area contributed by atoms with Crippen LogP contribution in [-0.4, -0.2) is 11.7 Å². The van der Waals surface area contributed by atoms with Crippen molar-refractivity contribution in [2.24, 2.45) is 0 Å². The van der Waals surface area contributed by atoms with E-state index in [4.69, 9.17) is 16.3 Å². The number of halogens is 2. The van der Waals surface area contributed by atoms with E-state index in [2.05, 4.69) is 5.32 Å². The minimum absolute atomic E-state index is 0.0433. The minimum atomic E-state index is -0.357. The van der Waals surface area contributed by atoms with Gasteiger partial charge in [0.2, 0.25) is 0 Å². The Kier molecular flexibility index (Phi) is 4.69. The van der Waals surface area contributed by atoms with Gasteiger partial charge in [-0.3, -0.25) is 0 Å². The van der Waals surface area contributed by atoms with Crippen LogP contribution in [0.1, 0.15) is 12.5 Å². The van der Waals surface area contributed by atoms with Crippen LogP contribution < -0.4 is 10.1 Å². The molecule has 0 fully saturated rings. The van der Waals surface area contributed by atoms with Gasteiger partial charge in [0.05, 0.1) is 17.3 Å². The number of phenolic OH excluding ortho intramolecular Hbond substituents is 1. The second-order valence-electron chi connectivity index (χ2n) is 4.17. The van der Waals surface area contributed by atoms with E-state index in [1.165, 1.54) is 12.1 Å². The van der Waals surface area contributed by atoms with Crippen LogP contribution in [0.3, 0.4) is 0 Å². The number of hydrogen-bond acceptors (Lipinski definition) is 3. The zero-order chi connectivity index (χ0) is 14.5. The van der Waals surface area contributed by atoms with E-state index in [1.807, 2.05) is 6.92 Å². The molecule has 0 atom stereocenters. The molecule has 106 valence electrons. The number of hydrogen-bond donors (Lipinski definition) is 2. The van der Waals surface area contributed by atoms with Gasteiger partial charge in [0.1, 0.15) is 17.3 Å². The van der Waals surface area contributed by atoms with Crippen LogP contribution in [0.2, 0.25) is 5.02 Å². The van der Waals surface area contributed by atoms with Gasteiger partial charge in [-0.15, -0.1) is 0 Å². The fourth-order valence-electron chi connectivity index (χ4n) is 1.81. The molecule has 0 saturated heterocycles. The van der Waals surface area contributed by atoms with Crippen LogP contribution in [0.15, 0.2) is 36.4 Å². The topological polar surface area (TPSA) is 41.5 Å². The van der Waals surface area contributed by atoms with Gasteiger partial charge in [0, 0.05) is 18.2 Å². The SMILES string of the molecule is CCOc1cc(F)ccc1NCc1cccc(Cl)c1O. The predicted octanol–water partition coefficient (Wildman–Crippen LogP) is 4.20. The highest BCUT2D eigenvalue weighted by Crippen LogP contribution is 2.30. The summed E-state index contributed by atoms with van der Waals surface area (Å²) in [6.45, 7) is 2.64. The van der Waals surface area contributed by atoms with Gasteiger partial charge < -0.3 is 15.2 Å². The Hall–Kier alpha value is -1.94. The van der Waals surface area contributed by atoms with Gasteiger partial charge >= 0.3 is 0 Å². The largest absolute Gasteiger partial charge is 0.506 e. The average Bonchev–Trinajstić information content (AvgIpc) is 2.42. The van der Waals surface area contributed by atoms with Crippen molar-refractivity contribution in [2.75, 3.05) is 11.9 Å². The van der Waals surface area contributed by atoms with E-state index in [0.717, 1.165) is 0 Å². The molecule has 0 aromatic heterocycles. The van der Waals surface area contributed by atoms with Gasteiger partial charge in [-0.05, 0) is 25.1 Å². The van der Waals surface area contributed by atoms with Crippen molar-refractivity contribution in [1.29, 1.82) is 0 Å². The Balaban J connectivity index is 2.16. The summed E-state index contributed by atoms with van der Waals surface area (Å²) >= 11 is 5.85. The van der Waals surface area contributed by atoms with Gasteiger partial charge in [-0.1, -0.05) is 23.7 Å². The van der Waals surface area contributed by atoms with E-state index in [-0.39, 0.29) is 11.6 Å². The maximum Gasteiger partial charge on any atom is 0.145 e. The molecule has 0 aliphatic heterocycles. The van der Waals surface area contributed by atoms with Crippen molar-refractivity contribution in [1.82, 2.24) is 0 Å². The van der Waals surface area contributed by atoms with Gasteiger partial charge in [-0.2, -0.15) is 0 Å². The number of rotatable bonds is 5. The lowest BCUT2D eigenvalue weighted by molar-refractivity contribution is 0.339. The van der Waals surface area contributed by atoms with E-state index in [0.29, 0.717) is 35.2 Å². The maximum atomic E-state index is 13.2. The van der Waals surface area contributed by atoms with Crippen LogP contribution in [-0.2, 0) is 6.54 Å². The summed E-state index contributed by atoms with van der Waals surface area (Å²) in [5.41, 5.74) is 1.32. The molecule has 0 radical (unpaired) electrons. The zero-order valence-electron chi connectivity index (χ0n) is 11.0. The first-order valence-corrected chi connectivity index (χ1v) is 6.62. The van der Waals surface area contributed by atoms with Crippen molar-refractivity contribution in [3.63, 3.8) is 0 Å². The quantitative estimate of drug-likeness (QED) is 0.869. The number of benzene rings is 2. The number of aromatic hydroxyl groups is 1. The zero-order valence-corrected chi connectivity index (χ0v) is 11.7. The van der Waals surface area contributed by atoms with Crippen molar-refractivity contribution < 1.29 is 14.2 Å². The van der Waals surface area contributed by atoms with E-state index >= 15 is 0 Å². The molecule has 2 rings (SSSR count). The average molecular weight is 296 g/mol. The van der Waals surface area contributed by atoms with Crippen LogP contribution in [0.25, 0.3) is 0 Å². The highest BCUT2D eigenvalue weighted by atomic mass is 35.5. The first kappa shape index (κ1) is 14.5. The Bertz CT molecular complexity index is 604. The van der Waals surface area contributed by atoms with Crippen LogP contribution in [0, 0.1) is 5.82 Å². The Labute approximate surface area is 122 Å². The lowest BCUT2D eigenvalue weighted by Crippen LogP contribution is -2.03. The van der Waals surface area contributed by atoms with Crippen LogP contribution >= 0.6 is 11.6 Å². The lowest BCUT2D eigenvalue weighted by Gasteiger charge is -2.13. The molecule has 0 aliphatic rings. The fourth-order valence-corrected chi connectivity index (χ4v) is 2.00. The molecule has 2 aromatic rings.